The van der Waals surface area contributed by atoms with Gasteiger partial charge in [-0.1, -0.05) is 0 Å². The van der Waals surface area contributed by atoms with Crippen LogP contribution in [0.25, 0.3) is 0 Å². The van der Waals surface area contributed by atoms with Crippen molar-refractivity contribution in [2.24, 2.45) is 0 Å². The fourth-order valence-electron chi connectivity index (χ4n) is 1.34. The first-order chi connectivity index (χ1) is 8.50. The third-order valence-corrected chi connectivity index (χ3v) is 4.48. The third kappa shape index (κ3) is 2.51. The van der Waals surface area contributed by atoms with E-state index >= 15 is 0 Å². The normalized spacial score (nSPS) is 11.1. The van der Waals surface area contributed by atoms with E-state index < -0.39 is 0 Å². The van der Waals surface area contributed by atoms with Crippen LogP contribution in [-0.4, -0.2) is 24.7 Å². The summed E-state index contributed by atoms with van der Waals surface area (Å²) in [7, 11) is 0. The Morgan fingerprint density at radius 3 is 2.83 bits per heavy atom. The zero-order valence-corrected chi connectivity index (χ0v) is 12.6. The van der Waals surface area contributed by atoms with Crippen LogP contribution in [0.3, 0.4) is 0 Å². The predicted molar refractivity (Wildman–Crippen MR) is 74.9 cm³/mol. The average molecular weight is 379 g/mol. The van der Waals surface area contributed by atoms with Crippen molar-refractivity contribution in [3.8, 4) is 0 Å². The van der Waals surface area contributed by atoms with E-state index in [-0.39, 0.29) is 17.3 Å². The molecular weight excluding hydrogens is 369 g/mol. The number of rotatable bonds is 3. The van der Waals surface area contributed by atoms with Gasteiger partial charge in [-0.05, 0) is 48.2 Å². The summed E-state index contributed by atoms with van der Waals surface area (Å²) in [5.41, 5.74) is -0.477. The van der Waals surface area contributed by atoms with Gasteiger partial charge in [0.25, 0.3) is 5.56 Å². The summed E-state index contributed by atoms with van der Waals surface area (Å²) in [6.45, 7) is 3.77. The fraction of sp³-hybridized carbons (Fsp3) is 0.333. The van der Waals surface area contributed by atoms with Gasteiger partial charge in [-0.3, -0.25) is 9.36 Å². The minimum Gasteiger partial charge on any atom is -0.312 e. The monoisotopic (exact) mass is 379 g/mol. The zero-order chi connectivity index (χ0) is 13.3. The van der Waals surface area contributed by atoms with Crippen LogP contribution in [0, 0.1) is 3.57 Å². The average Bonchev–Trinajstić information content (AvgIpc) is 2.66. The summed E-state index contributed by atoms with van der Waals surface area (Å²) >= 11 is 3.10. The number of hydrogen-bond donors (Lipinski definition) is 2. The molecule has 2 heterocycles. The van der Waals surface area contributed by atoms with E-state index in [1.54, 1.807) is 0 Å². The van der Waals surface area contributed by atoms with E-state index in [1.165, 1.54) is 22.7 Å². The molecule has 9 heteroatoms. The molecule has 18 heavy (non-hydrogen) atoms. The highest BCUT2D eigenvalue weighted by molar-refractivity contribution is 14.1. The van der Waals surface area contributed by atoms with Gasteiger partial charge in [-0.2, -0.15) is 0 Å². The molecule has 0 bridgehead atoms. The molecule has 0 spiro atoms. The Morgan fingerprint density at radius 1 is 1.44 bits per heavy atom. The molecule has 0 radical (unpaired) electrons. The maximum Gasteiger partial charge on any atom is 0.344 e. The van der Waals surface area contributed by atoms with Crippen LogP contribution in [0.15, 0.2) is 26.1 Å². The van der Waals surface area contributed by atoms with Crippen LogP contribution in [0.2, 0.25) is 0 Å². The standard InChI is InChI=1S/C9H10IN5O2S/c1-4(2)15-8(17)13-14-9(15)18-7-5(10)6(16)11-3-12-7/h3-4H,1-2H3,(H,13,17)(H,11,12,16). The summed E-state index contributed by atoms with van der Waals surface area (Å²) in [5.74, 6) is 0. The molecule has 7 nitrogen and oxygen atoms in total. The van der Waals surface area contributed by atoms with Gasteiger partial charge in [-0.15, -0.1) is 5.10 Å². The van der Waals surface area contributed by atoms with E-state index in [2.05, 4.69) is 20.2 Å². The molecule has 96 valence electrons. The summed E-state index contributed by atoms with van der Waals surface area (Å²) in [6, 6.07) is -0.0154. The molecule has 0 saturated heterocycles. The minimum absolute atomic E-state index is 0.0154. The first-order valence-corrected chi connectivity index (χ1v) is 6.98. The second kappa shape index (κ2) is 5.26. The molecule has 0 aliphatic heterocycles. The Kier molecular flexibility index (Phi) is 3.90. The lowest BCUT2D eigenvalue weighted by molar-refractivity contribution is 0.534. The van der Waals surface area contributed by atoms with Gasteiger partial charge in [0.1, 0.15) is 8.60 Å². The van der Waals surface area contributed by atoms with Crippen LogP contribution >= 0.6 is 34.4 Å². The van der Waals surface area contributed by atoms with E-state index in [0.717, 1.165) is 0 Å². The predicted octanol–water partition coefficient (Wildman–Crippen LogP) is 0.991. The summed E-state index contributed by atoms with van der Waals surface area (Å²) < 4.78 is 2.00. The number of halogens is 1. The van der Waals surface area contributed by atoms with Crippen LogP contribution in [0.4, 0.5) is 0 Å². The van der Waals surface area contributed by atoms with Crippen molar-refractivity contribution >= 4 is 34.4 Å². The first-order valence-electron chi connectivity index (χ1n) is 5.08. The van der Waals surface area contributed by atoms with Crippen molar-refractivity contribution in [1.82, 2.24) is 24.7 Å². The highest BCUT2D eigenvalue weighted by atomic mass is 127. The van der Waals surface area contributed by atoms with E-state index in [1.807, 2.05) is 36.4 Å². The molecule has 0 aromatic carbocycles. The number of hydrogen-bond acceptors (Lipinski definition) is 5. The molecule has 0 aliphatic carbocycles. The second-order valence-electron chi connectivity index (χ2n) is 3.73. The molecule has 2 rings (SSSR count). The minimum atomic E-state index is -0.271. The quantitative estimate of drug-likeness (QED) is 0.613. The molecule has 2 aromatic rings. The van der Waals surface area contributed by atoms with Gasteiger partial charge in [0.05, 0.1) is 6.33 Å². The molecule has 2 N–H and O–H groups in total. The third-order valence-electron chi connectivity index (χ3n) is 2.14. The first kappa shape index (κ1) is 13.3. The van der Waals surface area contributed by atoms with Gasteiger partial charge >= 0.3 is 5.69 Å². The van der Waals surface area contributed by atoms with Crippen LogP contribution < -0.4 is 11.2 Å². The second-order valence-corrected chi connectivity index (χ2v) is 5.76. The Balaban J connectivity index is 2.44. The highest BCUT2D eigenvalue weighted by Crippen LogP contribution is 2.26. The SMILES string of the molecule is CC(C)n1c(Sc2nc[nH]c(=O)c2I)n[nH]c1=O. The van der Waals surface area contributed by atoms with Gasteiger partial charge in [0.15, 0.2) is 5.16 Å². The Labute approximate surface area is 120 Å². The highest BCUT2D eigenvalue weighted by Gasteiger charge is 2.15. The smallest absolute Gasteiger partial charge is 0.312 e. The van der Waals surface area contributed by atoms with Crippen molar-refractivity contribution in [3.05, 3.63) is 30.7 Å². The molecule has 0 aliphatic rings. The molecular formula is C9H10IN5O2S. The Bertz CT molecular complexity index is 674. The Hall–Kier alpha value is -1.10. The van der Waals surface area contributed by atoms with Crippen molar-refractivity contribution in [3.63, 3.8) is 0 Å². The summed E-state index contributed by atoms with van der Waals surface area (Å²) in [5, 5.41) is 7.35. The van der Waals surface area contributed by atoms with Crippen molar-refractivity contribution in [2.45, 2.75) is 30.1 Å². The van der Waals surface area contributed by atoms with E-state index in [4.69, 9.17) is 0 Å². The molecule has 0 amide bonds. The molecule has 0 atom stereocenters. The van der Waals surface area contributed by atoms with Crippen molar-refractivity contribution in [2.75, 3.05) is 0 Å². The largest absolute Gasteiger partial charge is 0.344 e. The summed E-state index contributed by atoms with van der Waals surface area (Å²) in [6.07, 6.45) is 1.33. The molecule has 0 fully saturated rings. The van der Waals surface area contributed by atoms with Gasteiger partial charge in [0.2, 0.25) is 0 Å². The van der Waals surface area contributed by atoms with Crippen LogP contribution in [-0.2, 0) is 0 Å². The topological polar surface area (TPSA) is 96.4 Å². The van der Waals surface area contributed by atoms with Gasteiger partial charge in [0, 0.05) is 6.04 Å². The lowest BCUT2D eigenvalue weighted by Crippen LogP contribution is -2.19. The van der Waals surface area contributed by atoms with E-state index in [9.17, 15) is 9.59 Å². The zero-order valence-electron chi connectivity index (χ0n) is 9.60. The number of aromatic nitrogens is 5. The van der Waals surface area contributed by atoms with Gasteiger partial charge in [-0.25, -0.2) is 14.9 Å². The number of H-pyrrole nitrogens is 2. The number of nitrogens with one attached hydrogen (secondary N) is 2. The number of nitrogens with zero attached hydrogens (tertiary/aromatic N) is 3. The Morgan fingerprint density at radius 2 is 2.17 bits per heavy atom. The van der Waals surface area contributed by atoms with Crippen LogP contribution in [0.5, 0.6) is 0 Å². The van der Waals surface area contributed by atoms with Crippen molar-refractivity contribution in [1.29, 1.82) is 0 Å². The molecule has 2 aromatic heterocycles. The maximum atomic E-state index is 11.6. The number of aromatic amines is 2. The maximum absolute atomic E-state index is 11.6. The molecule has 0 saturated carbocycles. The fourth-order valence-corrected chi connectivity index (χ4v) is 2.91. The lowest BCUT2D eigenvalue weighted by Gasteiger charge is -2.08. The van der Waals surface area contributed by atoms with Crippen LogP contribution in [0.1, 0.15) is 19.9 Å². The van der Waals surface area contributed by atoms with Gasteiger partial charge < -0.3 is 4.98 Å². The van der Waals surface area contributed by atoms with E-state index in [0.29, 0.717) is 13.8 Å². The lowest BCUT2D eigenvalue weighted by atomic mass is 10.4. The van der Waals surface area contributed by atoms with Crippen molar-refractivity contribution < 1.29 is 0 Å². The summed E-state index contributed by atoms with van der Waals surface area (Å²) in [4.78, 5) is 29.6. The molecule has 0 unspecified atom stereocenters.